The standard InChI is InChI=1S/C14H10FN3O2/c1-8-10(15)3-2-4-12(8)18-13-7-9(14(19)20)5-6-11(13)16-17-18/h2-7H,1H3,(H,19,20). The van der Waals surface area contributed by atoms with Crippen LogP contribution in [0.4, 0.5) is 4.39 Å². The van der Waals surface area contributed by atoms with Crippen LogP contribution in [-0.4, -0.2) is 26.1 Å². The van der Waals surface area contributed by atoms with Gasteiger partial charge in [0.15, 0.2) is 0 Å². The second-order valence-corrected chi connectivity index (χ2v) is 4.39. The quantitative estimate of drug-likeness (QED) is 0.777. The fraction of sp³-hybridized carbons (Fsp3) is 0.0714. The Kier molecular flexibility index (Phi) is 2.71. The lowest BCUT2D eigenvalue weighted by molar-refractivity contribution is 0.0697. The fourth-order valence-electron chi connectivity index (χ4n) is 2.06. The summed E-state index contributed by atoms with van der Waals surface area (Å²) in [5.41, 5.74) is 2.18. The van der Waals surface area contributed by atoms with Crippen molar-refractivity contribution in [3.05, 3.63) is 53.3 Å². The van der Waals surface area contributed by atoms with E-state index in [9.17, 15) is 9.18 Å². The maximum Gasteiger partial charge on any atom is 0.335 e. The Morgan fingerprint density at radius 3 is 2.85 bits per heavy atom. The highest BCUT2D eigenvalue weighted by Gasteiger charge is 2.13. The number of aromatic nitrogens is 3. The van der Waals surface area contributed by atoms with Crippen LogP contribution in [0.25, 0.3) is 16.7 Å². The van der Waals surface area contributed by atoms with E-state index in [1.807, 2.05) is 0 Å². The third-order valence-electron chi connectivity index (χ3n) is 3.16. The smallest absolute Gasteiger partial charge is 0.335 e. The Bertz CT molecular complexity index is 826. The van der Waals surface area contributed by atoms with Crippen molar-refractivity contribution in [1.82, 2.24) is 15.0 Å². The lowest BCUT2D eigenvalue weighted by Gasteiger charge is -2.07. The van der Waals surface area contributed by atoms with Gasteiger partial charge in [0.05, 0.1) is 16.8 Å². The van der Waals surface area contributed by atoms with Crippen molar-refractivity contribution >= 4 is 17.0 Å². The number of rotatable bonds is 2. The van der Waals surface area contributed by atoms with Crippen LogP contribution in [0.3, 0.4) is 0 Å². The molecule has 1 heterocycles. The SMILES string of the molecule is Cc1c(F)cccc1-n1nnc2ccc(C(=O)O)cc21. The summed E-state index contributed by atoms with van der Waals surface area (Å²) < 4.78 is 15.1. The van der Waals surface area contributed by atoms with Crippen molar-refractivity contribution in [3.8, 4) is 5.69 Å². The van der Waals surface area contributed by atoms with Crippen molar-refractivity contribution in [1.29, 1.82) is 0 Å². The fourth-order valence-corrected chi connectivity index (χ4v) is 2.06. The molecule has 0 spiro atoms. The lowest BCUT2D eigenvalue weighted by atomic mass is 10.1. The van der Waals surface area contributed by atoms with Gasteiger partial charge in [0, 0.05) is 5.56 Å². The third-order valence-corrected chi connectivity index (χ3v) is 3.16. The number of fused-ring (bicyclic) bond motifs is 1. The summed E-state index contributed by atoms with van der Waals surface area (Å²) in [5.74, 6) is -1.38. The molecule has 2 aromatic carbocycles. The third kappa shape index (κ3) is 1.82. The molecule has 0 aliphatic heterocycles. The molecule has 0 radical (unpaired) electrons. The molecule has 1 N–H and O–H groups in total. The van der Waals surface area contributed by atoms with E-state index in [4.69, 9.17) is 5.11 Å². The first-order valence-corrected chi connectivity index (χ1v) is 5.92. The number of halogens is 1. The molecular weight excluding hydrogens is 261 g/mol. The van der Waals surface area contributed by atoms with Gasteiger partial charge in [-0.3, -0.25) is 0 Å². The molecule has 20 heavy (non-hydrogen) atoms. The van der Waals surface area contributed by atoms with E-state index in [0.29, 0.717) is 22.3 Å². The minimum Gasteiger partial charge on any atom is -0.478 e. The summed E-state index contributed by atoms with van der Waals surface area (Å²) >= 11 is 0. The molecule has 0 aliphatic carbocycles. The molecule has 3 aromatic rings. The van der Waals surface area contributed by atoms with Crippen molar-refractivity contribution in [2.75, 3.05) is 0 Å². The van der Waals surface area contributed by atoms with Crippen LogP contribution in [-0.2, 0) is 0 Å². The van der Waals surface area contributed by atoms with Gasteiger partial charge in [-0.25, -0.2) is 13.9 Å². The molecule has 0 saturated carbocycles. The molecule has 5 nitrogen and oxygen atoms in total. The van der Waals surface area contributed by atoms with Crippen LogP contribution >= 0.6 is 0 Å². The van der Waals surface area contributed by atoms with E-state index in [0.717, 1.165) is 0 Å². The average molecular weight is 271 g/mol. The Morgan fingerprint density at radius 2 is 2.10 bits per heavy atom. The zero-order chi connectivity index (χ0) is 14.3. The van der Waals surface area contributed by atoms with Crippen LogP contribution in [0.5, 0.6) is 0 Å². The topological polar surface area (TPSA) is 68.0 Å². The van der Waals surface area contributed by atoms with Crippen LogP contribution < -0.4 is 0 Å². The van der Waals surface area contributed by atoms with Crippen LogP contribution in [0.1, 0.15) is 15.9 Å². The molecule has 0 unspecified atom stereocenters. The number of hydrogen-bond donors (Lipinski definition) is 1. The van der Waals surface area contributed by atoms with Gasteiger partial charge in [-0.2, -0.15) is 0 Å². The summed E-state index contributed by atoms with van der Waals surface area (Å²) in [6.45, 7) is 1.64. The van der Waals surface area contributed by atoms with Crippen molar-refractivity contribution in [2.45, 2.75) is 6.92 Å². The normalized spacial score (nSPS) is 10.9. The summed E-state index contributed by atoms with van der Waals surface area (Å²) in [7, 11) is 0. The van der Waals surface area contributed by atoms with Crippen LogP contribution in [0.2, 0.25) is 0 Å². The summed E-state index contributed by atoms with van der Waals surface area (Å²) in [6.07, 6.45) is 0. The first kappa shape index (κ1) is 12.3. The molecule has 0 amide bonds. The number of aromatic carboxylic acids is 1. The monoisotopic (exact) mass is 271 g/mol. The highest BCUT2D eigenvalue weighted by Crippen LogP contribution is 2.21. The first-order chi connectivity index (χ1) is 9.58. The van der Waals surface area contributed by atoms with Crippen LogP contribution in [0.15, 0.2) is 36.4 Å². The Hall–Kier alpha value is -2.76. The number of carboxylic acid groups (broad SMARTS) is 1. The van der Waals surface area contributed by atoms with E-state index in [-0.39, 0.29) is 11.4 Å². The van der Waals surface area contributed by atoms with E-state index in [2.05, 4.69) is 10.3 Å². The Balaban J connectivity index is 2.28. The van der Waals surface area contributed by atoms with Crippen LogP contribution in [0, 0.1) is 12.7 Å². The van der Waals surface area contributed by atoms with Gasteiger partial charge in [-0.15, -0.1) is 5.10 Å². The minimum absolute atomic E-state index is 0.134. The second-order valence-electron chi connectivity index (χ2n) is 4.39. The molecule has 0 atom stereocenters. The van der Waals surface area contributed by atoms with Crippen molar-refractivity contribution < 1.29 is 14.3 Å². The summed E-state index contributed by atoms with van der Waals surface area (Å²) in [6, 6.07) is 9.16. The van der Waals surface area contributed by atoms with Gasteiger partial charge in [-0.1, -0.05) is 11.3 Å². The zero-order valence-electron chi connectivity index (χ0n) is 10.5. The van der Waals surface area contributed by atoms with E-state index in [1.54, 1.807) is 25.1 Å². The molecule has 6 heteroatoms. The number of benzene rings is 2. The van der Waals surface area contributed by atoms with Gasteiger partial charge in [0.25, 0.3) is 0 Å². The lowest BCUT2D eigenvalue weighted by Crippen LogP contribution is -2.02. The minimum atomic E-state index is -1.03. The Morgan fingerprint density at radius 1 is 1.30 bits per heavy atom. The van der Waals surface area contributed by atoms with Gasteiger partial charge < -0.3 is 5.11 Å². The van der Waals surface area contributed by atoms with Gasteiger partial charge >= 0.3 is 5.97 Å². The largest absolute Gasteiger partial charge is 0.478 e. The molecule has 3 rings (SSSR count). The molecule has 0 saturated heterocycles. The number of carbonyl (C=O) groups is 1. The van der Waals surface area contributed by atoms with Crippen molar-refractivity contribution in [3.63, 3.8) is 0 Å². The zero-order valence-corrected chi connectivity index (χ0v) is 10.5. The first-order valence-electron chi connectivity index (χ1n) is 5.92. The highest BCUT2D eigenvalue weighted by molar-refractivity contribution is 5.92. The van der Waals surface area contributed by atoms with E-state index >= 15 is 0 Å². The maximum atomic E-state index is 13.6. The number of carboxylic acids is 1. The van der Waals surface area contributed by atoms with Gasteiger partial charge in [-0.05, 0) is 37.3 Å². The highest BCUT2D eigenvalue weighted by atomic mass is 19.1. The Labute approximate surface area is 113 Å². The van der Waals surface area contributed by atoms with Crippen molar-refractivity contribution in [2.24, 2.45) is 0 Å². The van der Waals surface area contributed by atoms with E-state index in [1.165, 1.54) is 22.9 Å². The molecule has 1 aromatic heterocycles. The predicted molar refractivity (Wildman–Crippen MR) is 70.5 cm³/mol. The number of nitrogens with zero attached hydrogens (tertiary/aromatic N) is 3. The van der Waals surface area contributed by atoms with Gasteiger partial charge in [0.1, 0.15) is 11.3 Å². The molecular formula is C14H10FN3O2. The molecule has 0 fully saturated rings. The molecule has 0 bridgehead atoms. The van der Waals surface area contributed by atoms with E-state index < -0.39 is 5.97 Å². The summed E-state index contributed by atoms with van der Waals surface area (Å²) in [4.78, 5) is 11.0. The predicted octanol–water partition coefficient (Wildman–Crippen LogP) is 2.57. The summed E-state index contributed by atoms with van der Waals surface area (Å²) in [5, 5.41) is 17.0. The number of hydrogen-bond acceptors (Lipinski definition) is 3. The second kappa shape index (κ2) is 4.41. The maximum absolute atomic E-state index is 13.6. The van der Waals surface area contributed by atoms with Gasteiger partial charge in [0.2, 0.25) is 0 Å². The molecule has 100 valence electrons. The molecule has 0 aliphatic rings. The average Bonchev–Trinajstić information content (AvgIpc) is 2.84.